The molecule has 0 aromatic carbocycles. The molecule has 0 aromatic heterocycles. The lowest BCUT2D eigenvalue weighted by atomic mass is 10.3. The first kappa shape index (κ1) is 27.4. The molecule has 0 unspecified atom stereocenters. The number of hydrogen-bond acceptors (Lipinski definition) is 6. The monoisotopic (exact) mass is 510 g/mol. The summed E-state index contributed by atoms with van der Waals surface area (Å²) in [5, 5.41) is -15.8. The van der Waals surface area contributed by atoms with E-state index in [2.05, 4.69) is 0 Å². The average molecular weight is 510 g/mol. The van der Waals surface area contributed by atoms with Crippen LogP contribution in [0.3, 0.4) is 0 Å². The first-order chi connectivity index (χ1) is 12.3. The second kappa shape index (κ2) is 7.28. The van der Waals surface area contributed by atoms with Crippen LogP contribution in [-0.4, -0.2) is 45.4 Å². The predicted molar refractivity (Wildman–Crippen MR) is 56.2 cm³/mol. The molecular weight excluding hydrogens is 510 g/mol. The smallest absolute Gasteiger partial charge is 0.396 e. The van der Waals surface area contributed by atoms with E-state index in [1.54, 1.807) is 0 Å². The van der Waals surface area contributed by atoms with Gasteiger partial charge in [0.25, 0.3) is 0 Å². The molecule has 0 saturated heterocycles. The molecular formula is C7F14O6S2. The molecule has 0 aliphatic carbocycles. The Kier molecular flexibility index (Phi) is 6.88. The first-order valence-electron chi connectivity index (χ1n) is 5.47. The third kappa shape index (κ3) is 4.62. The molecule has 6 nitrogen and oxygen atoms in total. The molecule has 29 heavy (non-hydrogen) atoms. The first-order valence-corrected chi connectivity index (χ1v) is 8.23. The van der Waals surface area contributed by atoms with Crippen molar-refractivity contribution in [2.75, 3.05) is 0 Å². The highest BCUT2D eigenvalue weighted by Gasteiger charge is 2.86. The van der Waals surface area contributed by atoms with E-state index in [-0.39, 0.29) is 0 Å². The summed E-state index contributed by atoms with van der Waals surface area (Å²) < 4.78 is 222. The van der Waals surface area contributed by atoms with E-state index in [4.69, 9.17) is 0 Å². The molecule has 0 bridgehead atoms. The highest BCUT2D eigenvalue weighted by molar-refractivity contribution is 7.88. The zero-order chi connectivity index (χ0) is 24.1. The van der Waals surface area contributed by atoms with E-state index in [1.807, 2.05) is 4.74 Å². The molecule has 0 spiro atoms. The Morgan fingerprint density at radius 2 is 0.931 bits per heavy atom. The van der Waals surface area contributed by atoms with Crippen LogP contribution in [0.25, 0.3) is 0 Å². The molecule has 0 N–H and O–H groups in total. The minimum Gasteiger partial charge on any atom is -0.396 e. The van der Waals surface area contributed by atoms with Gasteiger partial charge in [0.1, 0.15) is 0 Å². The van der Waals surface area contributed by atoms with E-state index in [1.165, 1.54) is 4.74 Å². The van der Waals surface area contributed by atoms with Gasteiger partial charge in [-0.1, -0.05) is 7.77 Å². The van der Waals surface area contributed by atoms with E-state index in [0.29, 0.717) is 0 Å². The lowest BCUT2D eigenvalue weighted by Crippen LogP contribution is -2.67. The van der Waals surface area contributed by atoms with Gasteiger partial charge in [0.15, 0.2) is 0 Å². The van der Waals surface area contributed by atoms with Crippen molar-refractivity contribution in [2.45, 2.75) is 28.6 Å². The van der Waals surface area contributed by atoms with Gasteiger partial charge in [0, 0.05) is 0 Å². The number of ether oxygens (including phenoxy) is 2. The van der Waals surface area contributed by atoms with Gasteiger partial charge in [0.05, 0.1) is 0 Å². The number of hydrogen-bond donors (Lipinski definition) is 0. The molecule has 22 heteroatoms. The molecule has 0 amide bonds. The normalized spacial score (nSPS) is 15.2. The maximum absolute atomic E-state index is 13.8. The molecule has 0 atom stereocenters. The third-order valence-electron chi connectivity index (χ3n) is 2.34. The Morgan fingerprint density at radius 1 is 0.621 bits per heavy atom. The van der Waals surface area contributed by atoms with E-state index >= 15 is 0 Å². The van der Waals surface area contributed by atoms with Crippen LogP contribution in [0.5, 0.6) is 0 Å². The molecule has 0 rings (SSSR count). The van der Waals surface area contributed by atoms with Crippen LogP contribution in [0.4, 0.5) is 60.5 Å². The van der Waals surface area contributed by atoms with Crippen molar-refractivity contribution in [3.8, 4) is 0 Å². The van der Waals surface area contributed by atoms with Gasteiger partial charge >= 0.3 is 61.1 Å². The number of alkyl halides is 9. The third-order valence-corrected chi connectivity index (χ3v) is 4.09. The van der Waals surface area contributed by atoms with Crippen LogP contribution in [0.15, 0.2) is 12.1 Å². The predicted octanol–water partition coefficient (Wildman–Crippen LogP) is 3.69. The minimum atomic E-state index is -8.32. The van der Waals surface area contributed by atoms with Crippen LogP contribution in [-0.2, 0) is 29.9 Å². The van der Waals surface area contributed by atoms with E-state index < -0.39 is 61.1 Å². The fourth-order valence-electron chi connectivity index (χ4n) is 1.05. The summed E-state index contributed by atoms with van der Waals surface area (Å²) in [6.07, 6.45) is -18.8. The van der Waals surface area contributed by atoms with Gasteiger partial charge < -0.3 is 4.74 Å². The van der Waals surface area contributed by atoms with Crippen molar-refractivity contribution in [2.24, 2.45) is 0 Å². The summed E-state index contributed by atoms with van der Waals surface area (Å²) in [5.41, 5.74) is 0. The van der Waals surface area contributed by atoms with Crippen molar-refractivity contribution in [3.05, 3.63) is 12.1 Å². The van der Waals surface area contributed by atoms with Gasteiger partial charge in [-0.3, -0.25) is 4.74 Å². The number of halogens is 14. The van der Waals surface area contributed by atoms with Gasteiger partial charge in [-0.15, -0.1) is 0 Å². The topological polar surface area (TPSA) is 86.7 Å². The van der Waals surface area contributed by atoms with Crippen molar-refractivity contribution in [1.29, 1.82) is 0 Å². The lowest BCUT2D eigenvalue weighted by Gasteiger charge is -2.37. The maximum Gasteiger partial charge on any atom is 0.495 e. The molecule has 0 heterocycles. The molecule has 174 valence electrons. The fourth-order valence-corrected chi connectivity index (χ4v) is 2.08. The summed E-state index contributed by atoms with van der Waals surface area (Å²) in [6, 6.07) is -3.97. The van der Waals surface area contributed by atoms with E-state index in [0.717, 1.165) is 0 Å². The molecule has 0 radical (unpaired) electrons. The zero-order valence-electron chi connectivity index (χ0n) is 12.1. The summed E-state index contributed by atoms with van der Waals surface area (Å²) in [4.78, 5) is 0. The Labute approximate surface area is 149 Å². The largest absolute Gasteiger partial charge is 0.495 e. The molecule has 0 saturated carbocycles. The number of rotatable bonds is 9. The quantitative estimate of drug-likeness (QED) is 0.267. The minimum absolute atomic E-state index is 1.41. The Bertz CT molecular complexity index is 828. The van der Waals surface area contributed by atoms with Crippen LogP contribution in [0, 0.1) is 0 Å². The molecule has 0 aromatic rings. The Morgan fingerprint density at radius 3 is 1.17 bits per heavy atom. The Hall–Kier alpha value is -1.58. The SMILES string of the molecule is O=S(=O)(F)C(F)(F)C(F)(OC(F)(F)C(F)(F)OC(F)=C(F)F)C(F)(F)S(=O)(=O)F. The second-order valence-electron chi connectivity index (χ2n) is 4.28. The van der Waals surface area contributed by atoms with E-state index in [9.17, 15) is 77.3 Å². The average Bonchev–Trinajstić information content (AvgIpc) is 2.42. The van der Waals surface area contributed by atoms with Crippen LogP contribution in [0.2, 0.25) is 0 Å². The Balaban J connectivity index is 6.83. The molecule has 0 fully saturated rings. The standard InChI is InChI=1S/C7F14O6S2/c8-1(9)2(10)26-4(12,13)5(14,15)27-3(11,6(16,17)28(20,22)23)7(18,19)29(21,24)25. The van der Waals surface area contributed by atoms with Crippen LogP contribution in [0.1, 0.15) is 0 Å². The zero-order valence-corrected chi connectivity index (χ0v) is 13.7. The van der Waals surface area contributed by atoms with Crippen LogP contribution < -0.4 is 0 Å². The lowest BCUT2D eigenvalue weighted by molar-refractivity contribution is -0.486. The van der Waals surface area contributed by atoms with Crippen molar-refractivity contribution in [1.82, 2.24) is 0 Å². The van der Waals surface area contributed by atoms with Gasteiger partial charge in [-0.05, 0) is 0 Å². The van der Waals surface area contributed by atoms with Gasteiger partial charge in [0.2, 0.25) is 0 Å². The van der Waals surface area contributed by atoms with Gasteiger partial charge in [-0.2, -0.15) is 69.5 Å². The highest BCUT2D eigenvalue weighted by Crippen LogP contribution is 2.55. The summed E-state index contributed by atoms with van der Waals surface area (Å²) in [7, 11) is -16.6. The second-order valence-corrected chi connectivity index (χ2v) is 7.05. The fraction of sp³-hybridized carbons (Fsp3) is 0.714. The highest BCUT2D eigenvalue weighted by atomic mass is 32.3. The van der Waals surface area contributed by atoms with Crippen molar-refractivity contribution < 1.29 is 86.8 Å². The van der Waals surface area contributed by atoms with Crippen molar-refractivity contribution >= 4 is 20.4 Å². The van der Waals surface area contributed by atoms with Crippen molar-refractivity contribution in [3.63, 3.8) is 0 Å². The summed E-state index contributed by atoms with van der Waals surface area (Å²) in [6.45, 7) is 0. The molecule has 0 aliphatic rings. The van der Waals surface area contributed by atoms with Gasteiger partial charge in [-0.25, -0.2) is 0 Å². The maximum atomic E-state index is 13.8. The van der Waals surface area contributed by atoms with Crippen LogP contribution >= 0.6 is 0 Å². The summed E-state index contributed by atoms with van der Waals surface area (Å²) >= 11 is 0. The summed E-state index contributed by atoms with van der Waals surface area (Å²) in [5.74, 6) is -8.05. The molecule has 0 aliphatic heterocycles.